The minimum atomic E-state index is -3.90. The number of ketones is 1. The number of aliphatic carboxylic acids is 1. The molecule has 1 aliphatic heterocycles. The Morgan fingerprint density at radius 2 is 1.80 bits per heavy atom. The van der Waals surface area contributed by atoms with Crippen molar-refractivity contribution in [2.75, 3.05) is 13.1 Å². The van der Waals surface area contributed by atoms with Crippen LogP contribution in [0.1, 0.15) is 43.7 Å². The molecule has 1 aliphatic rings. The van der Waals surface area contributed by atoms with Gasteiger partial charge in [-0.3, -0.25) is 19.9 Å². The van der Waals surface area contributed by atoms with Crippen LogP contribution >= 0.6 is 0 Å². The Morgan fingerprint density at radius 3 is 2.45 bits per heavy atom. The molecule has 1 saturated heterocycles. The van der Waals surface area contributed by atoms with Gasteiger partial charge in [0.05, 0.1) is 4.90 Å². The normalized spacial score (nSPS) is 16.6. The number of benzene rings is 2. The summed E-state index contributed by atoms with van der Waals surface area (Å²) in [6.07, 6.45) is 3.71. The fraction of sp³-hybridized carbons (Fsp3) is 0.393. The molecular formula is C28H33N5O6S. The number of nitrogens with one attached hydrogen (secondary N) is 2. The van der Waals surface area contributed by atoms with Gasteiger partial charge in [0.1, 0.15) is 23.7 Å². The van der Waals surface area contributed by atoms with Gasteiger partial charge in [0.25, 0.3) is 0 Å². The quantitative estimate of drug-likeness (QED) is 0.109. The molecule has 2 aromatic carbocycles. The van der Waals surface area contributed by atoms with Gasteiger partial charge in [-0.25, -0.2) is 13.2 Å². The van der Waals surface area contributed by atoms with E-state index in [1.165, 1.54) is 12.1 Å². The van der Waals surface area contributed by atoms with E-state index in [0.717, 1.165) is 9.87 Å². The lowest BCUT2D eigenvalue weighted by Crippen LogP contribution is -2.51. The summed E-state index contributed by atoms with van der Waals surface area (Å²) in [5.41, 5.74) is 1.43. The van der Waals surface area contributed by atoms with Gasteiger partial charge in [-0.05, 0) is 49.4 Å². The van der Waals surface area contributed by atoms with Gasteiger partial charge in [-0.1, -0.05) is 42.5 Å². The first-order chi connectivity index (χ1) is 19.1. The third-order valence-electron chi connectivity index (χ3n) is 6.53. The van der Waals surface area contributed by atoms with E-state index in [-0.39, 0.29) is 30.1 Å². The van der Waals surface area contributed by atoms with Crippen molar-refractivity contribution in [3.05, 3.63) is 65.7 Å². The van der Waals surface area contributed by atoms with E-state index in [4.69, 9.17) is 5.26 Å². The zero-order chi connectivity index (χ0) is 29.1. The van der Waals surface area contributed by atoms with E-state index in [0.29, 0.717) is 43.6 Å². The molecule has 11 nitrogen and oxygen atoms in total. The van der Waals surface area contributed by atoms with Gasteiger partial charge in [0.2, 0.25) is 15.9 Å². The van der Waals surface area contributed by atoms with Crippen LogP contribution in [-0.4, -0.2) is 66.5 Å². The molecule has 2 atom stereocenters. The maximum absolute atomic E-state index is 13.1. The molecule has 0 radical (unpaired) electrons. The lowest BCUT2D eigenvalue weighted by molar-refractivity contribution is -0.142. The van der Waals surface area contributed by atoms with E-state index < -0.39 is 34.0 Å². The van der Waals surface area contributed by atoms with Gasteiger partial charge in [-0.15, -0.1) is 0 Å². The number of nitriles is 1. The van der Waals surface area contributed by atoms with Crippen LogP contribution in [0.5, 0.6) is 0 Å². The molecule has 0 aromatic heterocycles. The van der Waals surface area contributed by atoms with Gasteiger partial charge in [0.15, 0.2) is 6.19 Å². The van der Waals surface area contributed by atoms with Gasteiger partial charge in [-0.2, -0.15) is 9.57 Å². The fourth-order valence-corrected chi connectivity index (χ4v) is 6.15. The molecule has 12 heteroatoms. The second kappa shape index (κ2) is 14.3. The molecular weight excluding hydrogens is 534 g/mol. The number of carboxylic acids is 1. The molecule has 40 heavy (non-hydrogen) atoms. The lowest BCUT2D eigenvalue weighted by Gasteiger charge is -2.25. The predicted octanol–water partition coefficient (Wildman–Crippen LogP) is 2.03. The van der Waals surface area contributed by atoms with Crippen LogP contribution in [0.2, 0.25) is 0 Å². The summed E-state index contributed by atoms with van der Waals surface area (Å²) in [6, 6.07) is 12.5. The molecule has 1 heterocycles. The number of Topliss-reactive ketones (excluding diaryl/α,β-unsaturated/α-hetero) is 1. The molecule has 1 amide bonds. The number of carboxylic acid groups (broad SMARTS) is 1. The standard InChI is InChI=1S/C28H33N5O6S/c1-20(31-19-29)30-15-5-7-23(34)17-21-11-13-22(14-12-21)18-25(28(36)37)32-27(35)26-10-6-16-33(26)40(38,39)24-8-3-2-4-9-24/h2-4,8-9,11-14,25-26H,5-7,10,15-18H2,1H3,(H,30,31)(H,32,35)(H,36,37)/t25?,26-/m0/s1. The van der Waals surface area contributed by atoms with Gasteiger partial charge in [0, 0.05) is 32.4 Å². The predicted molar refractivity (Wildman–Crippen MR) is 148 cm³/mol. The number of carbonyl (C=O) groups excluding carboxylic acids is 2. The minimum absolute atomic E-state index is 0.00153. The monoisotopic (exact) mass is 567 g/mol. The third kappa shape index (κ3) is 8.46. The maximum Gasteiger partial charge on any atom is 0.326 e. The zero-order valence-electron chi connectivity index (χ0n) is 22.2. The second-order valence-corrected chi connectivity index (χ2v) is 11.4. The largest absolute Gasteiger partial charge is 0.480 e. The van der Waals surface area contributed by atoms with Crippen LogP contribution in [0.3, 0.4) is 0 Å². The van der Waals surface area contributed by atoms with Crippen LogP contribution < -0.4 is 10.6 Å². The Labute approximate surface area is 234 Å². The lowest BCUT2D eigenvalue weighted by atomic mass is 10.0. The Kier molecular flexibility index (Phi) is 10.9. The third-order valence-corrected chi connectivity index (χ3v) is 8.46. The number of aliphatic imine (C=N–C) groups is 1. The van der Waals surface area contributed by atoms with Crippen LogP contribution in [0.4, 0.5) is 0 Å². The fourth-order valence-electron chi connectivity index (χ4n) is 4.47. The number of sulfonamides is 1. The topological polar surface area (TPSA) is 169 Å². The summed E-state index contributed by atoms with van der Waals surface area (Å²) in [5, 5.41) is 23.2. The van der Waals surface area contributed by atoms with E-state index in [2.05, 4.69) is 15.6 Å². The van der Waals surface area contributed by atoms with Crippen molar-refractivity contribution < 1.29 is 27.9 Å². The second-order valence-electron chi connectivity index (χ2n) is 9.53. The summed E-state index contributed by atoms with van der Waals surface area (Å²) in [4.78, 5) is 41.5. The molecule has 1 fully saturated rings. The molecule has 0 bridgehead atoms. The zero-order valence-corrected chi connectivity index (χ0v) is 23.1. The van der Waals surface area contributed by atoms with Crippen LogP contribution in [0.15, 0.2) is 64.5 Å². The van der Waals surface area contributed by atoms with Crippen molar-refractivity contribution in [1.29, 1.82) is 5.26 Å². The highest BCUT2D eigenvalue weighted by Gasteiger charge is 2.40. The minimum Gasteiger partial charge on any atom is -0.480 e. The Balaban J connectivity index is 1.56. The molecule has 3 rings (SSSR count). The summed E-state index contributed by atoms with van der Waals surface area (Å²) in [6.45, 7) is 2.29. The van der Waals surface area contributed by atoms with E-state index in [1.807, 2.05) is 0 Å². The molecule has 3 N–H and O–H groups in total. The highest BCUT2D eigenvalue weighted by Crippen LogP contribution is 2.26. The maximum atomic E-state index is 13.1. The highest BCUT2D eigenvalue weighted by atomic mass is 32.2. The SMILES string of the molecule is CC(=NCCCC(=O)Cc1ccc(CC(NC(=O)[C@@H]2CCCN2S(=O)(=O)c2ccccc2)C(=O)O)cc1)NC#N. The van der Waals surface area contributed by atoms with Crippen molar-refractivity contribution in [3.8, 4) is 6.19 Å². The number of amides is 1. The summed E-state index contributed by atoms with van der Waals surface area (Å²) in [5.74, 6) is -1.34. The number of hydrogen-bond acceptors (Lipinski definition) is 7. The van der Waals surface area contributed by atoms with E-state index in [1.54, 1.807) is 55.6 Å². The number of amidine groups is 1. The van der Waals surface area contributed by atoms with E-state index in [9.17, 15) is 27.9 Å². The summed E-state index contributed by atoms with van der Waals surface area (Å²) >= 11 is 0. The number of nitrogens with zero attached hydrogens (tertiary/aromatic N) is 3. The molecule has 212 valence electrons. The Bertz CT molecular complexity index is 1370. The first kappa shape index (κ1) is 30.5. The van der Waals surface area contributed by atoms with Crippen molar-refractivity contribution >= 4 is 33.5 Å². The highest BCUT2D eigenvalue weighted by molar-refractivity contribution is 7.89. The number of carbonyl (C=O) groups is 3. The van der Waals surface area contributed by atoms with Gasteiger partial charge < -0.3 is 10.4 Å². The van der Waals surface area contributed by atoms with Crippen LogP contribution in [0, 0.1) is 11.5 Å². The average molecular weight is 568 g/mol. The summed E-state index contributed by atoms with van der Waals surface area (Å²) < 4.78 is 27.3. The number of rotatable bonds is 13. The van der Waals surface area contributed by atoms with Gasteiger partial charge >= 0.3 is 5.97 Å². The molecule has 0 aliphatic carbocycles. The van der Waals surface area contributed by atoms with Crippen molar-refractivity contribution in [1.82, 2.24) is 14.9 Å². The van der Waals surface area contributed by atoms with Crippen molar-refractivity contribution in [2.24, 2.45) is 4.99 Å². The molecule has 2 aromatic rings. The van der Waals surface area contributed by atoms with Crippen molar-refractivity contribution in [3.63, 3.8) is 0 Å². The Morgan fingerprint density at radius 1 is 1.12 bits per heavy atom. The first-order valence-corrected chi connectivity index (χ1v) is 14.4. The van der Waals surface area contributed by atoms with Crippen LogP contribution in [-0.2, 0) is 37.2 Å². The number of hydrogen-bond donors (Lipinski definition) is 3. The van der Waals surface area contributed by atoms with Crippen molar-refractivity contribution in [2.45, 2.75) is 62.4 Å². The Hall–Kier alpha value is -4.08. The molecule has 0 spiro atoms. The van der Waals surface area contributed by atoms with Crippen LogP contribution in [0.25, 0.3) is 0 Å². The van der Waals surface area contributed by atoms with E-state index >= 15 is 0 Å². The average Bonchev–Trinajstić information content (AvgIpc) is 3.44. The summed E-state index contributed by atoms with van der Waals surface area (Å²) in [7, 11) is -3.90. The smallest absolute Gasteiger partial charge is 0.326 e. The first-order valence-electron chi connectivity index (χ1n) is 13.0. The molecule has 0 saturated carbocycles. The molecule has 1 unspecified atom stereocenters.